The Balaban J connectivity index is 0.944. The van der Waals surface area contributed by atoms with Gasteiger partial charge < -0.3 is 14.4 Å². The molecule has 12 aromatic rings. The van der Waals surface area contributed by atoms with Gasteiger partial charge in [0.1, 0.15) is 23.0 Å². The number of hydrogen-bond donors (Lipinski definition) is 0. The van der Waals surface area contributed by atoms with Crippen molar-refractivity contribution in [3.8, 4) is 67.5 Å². The lowest BCUT2D eigenvalue weighted by Crippen LogP contribution is -2.32. The summed E-state index contributed by atoms with van der Waals surface area (Å²) in [4.78, 5) is 2.50. The summed E-state index contributed by atoms with van der Waals surface area (Å²) in [5, 5.41) is 2.39. The molecule has 2 aliphatic heterocycles. The van der Waals surface area contributed by atoms with Gasteiger partial charge in [-0.05, 0) is 127 Å². The SMILES string of the molecule is c1ccc(-c2ccc(-c3ccc(N(c4ccc5ccc6c(c5c4)-c4ccccc4C64c5ccccc5Oc5ccccc54)c4cccc5c4-c4ccccc4C54c5ccccc5Oc5ccccc54)cc3)cc2)cc1. The van der Waals surface area contributed by atoms with Crippen LogP contribution in [0.5, 0.6) is 23.0 Å². The van der Waals surface area contributed by atoms with Crippen LogP contribution in [0, 0.1) is 0 Å². The number of anilines is 3. The van der Waals surface area contributed by atoms with E-state index in [0.29, 0.717) is 0 Å². The van der Waals surface area contributed by atoms with Gasteiger partial charge >= 0.3 is 0 Å². The van der Waals surface area contributed by atoms with Crippen LogP contribution in [0.4, 0.5) is 17.1 Å². The van der Waals surface area contributed by atoms with Crippen molar-refractivity contribution in [2.45, 2.75) is 10.8 Å². The third-order valence-corrected chi connectivity index (χ3v) is 16.6. The van der Waals surface area contributed by atoms with Gasteiger partial charge in [-0.3, -0.25) is 0 Å². The first-order valence-corrected chi connectivity index (χ1v) is 25.9. The van der Waals surface area contributed by atoms with E-state index in [1.807, 2.05) is 0 Å². The molecule has 0 bridgehead atoms. The number of fused-ring (bicyclic) bond motifs is 20. The number of hydrogen-bond acceptors (Lipinski definition) is 3. The van der Waals surface area contributed by atoms with Crippen LogP contribution in [0.25, 0.3) is 55.3 Å². The average Bonchev–Trinajstić information content (AvgIpc) is 3.95. The number of rotatable bonds is 5. The van der Waals surface area contributed by atoms with Crippen LogP contribution in [0.2, 0.25) is 0 Å². The van der Waals surface area contributed by atoms with Gasteiger partial charge in [0.05, 0.1) is 16.5 Å². The minimum absolute atomic E-state index is 0.578. The van der Waals surface area contributed by atoms with Crippen LogP contribution in [0.15, 0.2) is 273 Å². The fraction of sp³-hybridized carbons (Fsp3) is 0.0278. The second-order valence-electron chi connectivity index (χ2n) is 20.2. The summed E-state index contributed by atoms with van der Waals surface area (Å²) in [5.74, 6) is 3.54. The van der Waals surface area contributed by atoms with Crippen molar-refractivity contribution >= 4 is 27.8 Å². The minimum Gasteiger partial charge on any atom is -0.457 e. The van der Waals surface area contributed by atoms with E-state index in [1.54, 1.807) is 0 Å². The van der Waals surface area contributed by atoms with E-state index in [0.717, 1.165) is 67.9 Å². The fourth-order valence-corrected chi connectivity index (χ4v) is 13.6. The molecule has 0 amide bonds. The van der Waals surface area contributed by atoms with E-state index < -0.39 is 10.8 Å². The van der Waals surface area contributed by atoms with Gasteiger partial charge in [-0.25, -0.2) is 0 Å². The predicted octanol–water partition coefficient (Wildman–Crippen LogP) is 18.6. The summed E-state index contributed by atoms with van der Waals surface area (Å²) in [6.07, 6.45) is 0. The zero-order chi connectivity index (χ0) is 49.2. The van der Waals surface area contributed by atoms with Crippen molar-refractivity contribution in [3.05, 3.63) is 317 Å². The van der Waals surface area contributed by atoms with Gasteiger partial charge in [0.2, 0.25) is 0 Å². The number of para-hydroxylation sites is 4. The number of nitrogens with zero attached hydrogens (tertiary/aromatic N) is 1. The maximum atomic E-state index is 6.75. The highest BCUT2D eigenvalue weighted by Crippen LogP contribution is 2.66. The topological polar surface area (TPSA) is 21.7 Å². The first-order chi connectivity index (χ1) is 37.2. The van der Waals surface area contributed by atoms with Crippen LogP contribution in [-0.2, 0) is 10.8 Å². The van der Waals surface area contributed by atoms with E-state index in [-0.39, 0.29) is 0 Å². The van der Waals surface area contributed by atoms with Gasteiger partial charge in [-0.2, -0.15) is 0 Å². The smallest absolute Gasteiger partial charge is 0.132 e. The fourth-order valence-electron chi connectivity index (χ4n) is 13.6. The molecule has 3 nitrogen and oxygen atoms in total. The maximum absolute atomic E-state index is 6.75. The molecule has 350 valence electrons. The highest BCUT2D eigenvalue weighted by atomic mass is 16.5. The predicted molar refractivity (Wildman–Crippen MR) is 304 cm³/mol. The molecule has 2 aliphatic carbocycles. The Hall–Kier alpha value is -9.70. The first kappa shape index (κ1) is 41.9. The molecule has 12 aromatic carbocycles. The summed E-state index contributed by atoms with van der Waals surface area (Å²) in [6, 6.07) is 99.9. The third kappa shape index (κ3) is 5.75. The lowest BCUT2D eigenvalue weighted by atomic mass is 9.66. The van der Waals surface area contributed by atoms with Gasteiger partial charge in [0, 0.05) is 39.2 Å². The van der Waals surface area contributed by atoms with Crippen LogP contribution < -0.4 is 14.4 Å². The zero-order valence-electron chi connectivity index (χ0n) is 40.7. The molecule has 2 spiro atoms. The maximum Gasteiger partial charge on any atom is 0.132 e. The molecular formula is C72H45NO2. The molecule has 4 aliphatic rings. The van der Waals surface area contributed by atoms with E-state index in [4.69, 9.17) is 9.47 Å². The molecular weight excluding hydrogens is 911 g/mol. The Labute approximate surface area is 435 Å². The van der Waals surface area contributed by atoms with Crippen molar-refractivity contribution < 1.29 is 9.47 Å². The highest BCUT2D eigenvalue weighted by molar-refractivity contribution is 6.07. The van der Waals surface area contributed by atoms with Crippen molar-refractivity contribution in [1.29, 1.82) is 0 Å². The van der Waals surface area contributed by atoms with Crippen LogP contribution >= 0.6 is 0 Å². The quantitative estimate of drug-likeness (QED) is 0.172. The third-order valence-electron chi connectivity index (χ3n) is 16.6. The van der Waals surface area contributed by atoms with Gasteiger partial charge in [0.25, 0.3) is 0 Å². The Morgan fingerprint density at radius 3 is 1.19 bits per heavy atom. The molecule has 0 aromatic heterocycles. The van der Waals surface area contributed by atoms with Crippen molar-refractivity contribution in [1.82, 2.24) is 0 Å². The van der Waals surface area contributed by atoms with Crippen molar-refractivity contribution in [2.75, 3.05) is 4.90 Å². The second kappa shape index (κ2) is 15.9. The molecule has 0 unspecified atom stereocenters. The number of benzene rings is 12. The van der Waals surface area contributed by atoms with Crippen molar-refractivity contribution in [2.24, 2.45) is 0 Å². The first-order valence-electron chi connectivity index (χ1n) is 25.9. The lowest BCUT2D eigenvalue weighted by molar-refractivity contribution is 0.436. The summed E-state index contributed by atoms with van der Waals surface area (Å²) in [5.41, 5.74) is 21.3. The van der Waals surface area contributed by atoms with Gasteiger partial charge in [-0.15, -0.1) is 0 Å². The van der Waals surface area contributed by atoms with Crippen LogP contribution in [0.1, 0.15) is 44.5 Å². The summed E-state index contributed by atoms with van der Waals surface area (Å²) in [6.45, 7) is 0. The molecule has 0 atom stereocenters. The van der Waals surface area contributed by atoms with E-state index in [9.17, 15) is 0 Å². The average molecular weight is 956 g/mol. The largest absolute Gasteiger partial charge is 0.457 e. The molecule has 0 N–H and O–H groups in total. The molecule has 16 rings (SSSR count). The summed E-state index contributed by atoms with van der Waals surface area (Å²) in [7, 11) is 0. The lowest BCUT2D eigenvalue weighted by Gasteiger charge is -2.39. The van der Waals surface area contributed by atoms with Crippen LogP contribution in [0.3, 0.4) is 0 Å². The minimum atomic E-state index is -0.618. The molecule has 0 radical (unpaired) electrons. The molecule has 0 saturated heterocycles. The molecule has 0 saturated carbocycles. The summed E-state index contributed by atoms with van der Waals surface area (Å²) >= 11 is 0. The number of ether oxygens (including phenoxy) is 2. The van der Waals surface area contributed by atoms with E-state index in [1.165, 1.54) is 72.0 Å². The van der Waals surface area contributed by atoms with E-state index >= 15 is 0 Å². The second-order valence-corrected chi connectivity index (χ2v) is 20.2. The standard InChI is InChI=1S/C72H45NO2/c1-2-17-46(18-3-1)47-33-35-48(36-34-47)49-37-41-51(42-38-49)73(64-28-16-27-62-70(64)54-20-5-7-22-57(54)71(62)58-23-8-12-29-65(58)74-66-30-13-9-24-59(66)71)52-43-39-50-40-44-63-69(55(50)45-52)53-19-4-6-21-56(53)72(63)60-25-10-14-31-67(60)75-68-32-15-11-26-61(68)72/h1-45H. The Kier molecular flexibility index (Phi) is 8.88. The van der Waals surface area contributed by atoms with Gasteiger partial charge in [0.15, 0.2) is 0 Å². The van der Waals surface area contributed by atoms with Gasteiger partial charge in [-0.1, -0.05) is 218 Å². The Bertz CT molecular complexity index is 4220. The highest BCUT2D eigenvalue weighted by Gasteiger charge is 2.53. The normalized spacial score (nSPS) is 14.0. The molecule has 3 heteroatoms. The van der Waals surface area contributed by atoms with Crippen LogP contribution in [-0.4, -0.2) is 0 Å². The monoisotopic (exact) mass is 955 g/mol. The Morgan fingerprint density at radius 1 is 0.267 bits per heavy atom. The zero-order valence-corrected chi connectivity index (χ0v) is 40.7. The molecule has 0 fully saturated rings. The van der Waals surface area contributed by atoms with E-state index in [2.05, 4.69) is 278 Å². The molecule has 2 heterocycles. The van der Waals surface area contributed by atoms with Crippen molar-refractivity contribution in [3.63, 3.8) is 0 Å². The summed E-state index contributed by atoms with van der Waals surface area (Å²) < 4.78 is 13.5. The molecule has 75 heavy (non-hydrogen) atoms. The Morgan fingerprint density at radius 2 is 0.653 bits per heavy atom.